The van der Waals surface area contributed by atoms with Crippen molar-refractivity contribution in [2.45, 2.75) is 39.2 Å². The quantitative estimate of drug-likeness (QED) is 0.426. The highest BCUT2D eigenvalue weighted by atomic mass is 32.1. The zero-order valence-corrected chi connectivity index (χ0v) is 19.3. The molecule has 0 aliphatic heterocycles. The van der Waals surface area contributed by atoms with E-state index in [1.807, 2.05) is 42.5 Å². The first-order valence-corrected chi connectivity index (χ1v) is 11.6. The lowest BCUT2D eigenvalue weighted by Crippen LogP contribution is -2.30. The number of rotatable bonds is 11. The molecule has 0 aliphatic carbocycles. The Balaban J connectivity index is 1.33. The fourth-order valence-corrected chi connectivity index (χ4v) is 3.71. The third kappa shape index (κ3) is 7.50. The maximum absolute atomic E-state index is 12.3. The summed E-state index contributed by atoms with van der Waals surface area (Å²) < 4.78 is 5.77. The number of carbonyl (C=O) groups is 2. The summed E-state index contributed by atoms with van der Waals surface area (Å²) in [5.74, 6) is 1.02. The zero-order chi connectivity index (χ0) is 22.8. The van der Waals surface area contributed by atoms with Crippen molar-refractivity contribution in [3.05, 3.63) is 81.8 Å². The molecule has 6 nitrogen and oxygen atoms in total. The number of nitrogens with one attached hydrogen (secondary N) is 2. The molecule has 7 heteroatoms. The Morgan fingerprint density at radius 3 is 2.44 bits per heavy atom. The molecule has 0 unspecified atom stereocenters. The van der Waals surface area contributed by atoms with Crippen LogP contribution in [0.4, 0.5) is 0 Å². The van der Waals surface area contributed by atoms with Gasteiger partial charge in [0.05, 0.1) is 6.42 Å². The van der Waals surface area contributed by atoms with Gasteiger partial charge in [0, 0.05) is 18.5 Å². The Kier molecular flexibility index (Phi) is 8.80. The topological polar surface area (TPSA) is 80.3 Å². The van der Waals surface area contributed by atoms with E-state index in [0.29, 0.717) is 44.1 Å². The Bertz CT molecular complexity index is 1000. The van der Waals surface area contributed by atoms with E-state index in [9.17, 15) is 9.59 Å². The van der Waals surface area contributed by atoms with Crippen molar-refractivity contribution in [1.29, 1.82) is 0 Å². The number of nitrogens with zero attached hydrogens (tertiary/aromatic N) is 1. The van der Waals surface area contributed by atoms with Crippen LogP contribution in [-0.4, -0.2) is 29.9 Å². The summed E-state index contributed by atoms with van der Waals surface area (Å²) in [6.07, 6.45) is 1.01. The van der Waals surface area contributed by atoms with Crippen LogP contribution in [0.5, 0.6) is 5.75 Å². The van der Waals surface area contributed by atoms with Gasteiger partial charge in [0.15, 0.2) is 0 Å². The second-order valence-corrected chi connectivity index (χ2v) is 8.70. The number of amides is 2. The molecule has 0 saturated heterocycles. The summed E-state index contributed by atoms with van der Waals surface area (Å²) in [6, 6.07) is 17.6. The number of hydrogen-bond acceptors (Lipinski definition) is 5. The van der Waals surface area contributed by atoms with Crippen LogP contribution < -0.4 is 15.4 Å². The first-order chi connectivity index (χ1) is 15.5. The molecule has 1 aromatic heterocycles. The molecule has 0 bridgehead atoms. The van der Waals surface area contributed by atoms with Gasteiger partial charge in [-0.25, -0.2) is 4.98 Å². The maximum Gasteiger partial charge on any atom is 0.270 e. The third-order valence-corrected chi connectivity index (χ3v) is 5.68. The van der Waals surface area contributed by atoms with Gasteiger partial charge in [-0.1, -0.05) is 56.3 Å². The van der Waals surface area contributed by atoms with E-state index in [2.05, 4.69) is 41.6 Å². The van der Waals surface area contributed by atoms with Crippen molar-refractivity contribution in [1.82, 2.24) is 15.6 Å². The van der Waals surface area contributed by atoms with E-state index in [4.69, 9.17) is 4.74 Å². The molecule has 3 rings (SSSR count). The molecule has 168 valence electrons. The van der Waals surface area contributed by atoms with E-state index in [0.717, 1.165) is 16.3 Å². The van der Waals surface area contributed by atoms with Gasteiger partial charge in [0.25, 0.3) is 5.91 Å². The SMILES string of the molecule is CC(C)c1ccc(OCc2nc(C(=O)NCCCNC(=O)Cc3ccccc3)cs2)cc1. The van der Waals surface area contributed by atoms with Crippen molar-refractivity contribution in [2.24, 2.45) is 0 Å². The van der Waals surface area contributed by atoms with Gasteiger partial charge in [0.1, 0.15) is 23.1 Å². The Hall–Kier alpha value is -3.19. The molecule has 1 heterocycles. The monoisotopic (exact) mass is 451 g/mol. The first kappa shape index (κ1) is 23.5. The number of aromatic nitrogens is 1. The lowest BCUT2D eigenvalue weighted by Gasteiger charge is -2.08. The molecule has 0 aliphatic rings. The van der Waals surface area contributed by atoms with Crippen molar-refractivity contribution >= 4 is 23.2 Å². The van der Waals surface area contributed by atoms with Crippen LogP contribution in [0.25, 0.3) is 0 Å². The summed E-state index contributed by atoms with van der Waals surface area (Å²) in [7, 11) is 0. The molecule has 0 saturated carbocycles. The molecular formula is C25H29N3O3S. The van der Waals surface area contributed by atoms with Crippen molar-refractivity contribution in [3.8, 4) is 5.75 Å². The van der Waals surface area contributed by atoms with Crippen LogP contribution >= 0.6 is 11.3 Å². The van der Waals surface area contributed by atoms with Gasteiger partial charge in [-0.2, -0.15) is 0 Å². The molecule has 0 spiro atoms. The van der Waals surface area contributed by atoms with Gasteiger partial charge in [-0.3, -0.25) is 9.59 Å². The number of benzene rings is 2. The van der Waals surface area contributed by atoms with Gasteiger partial charge in [0.2, 0.25) is 5.91 Å². The Morgan fingerprint density at radius 2 is 1.72 bits per heavy atom. The molecule has 0 fully saturated rings. The van der Waals surface area contributed by atoms with Crippen LogP contribution in [0.1, 0.15) is 52.8 Å². The van der Waals surface area contributed by atoms with E-state index >= 15 is 0 Å². The molecule has 2 amide bonds. The average Bonchev–Trinajstić information content (AvgIpc) is 3.27. The molecule has 2 N–H and O–H groups in total. The lowest BCUT2D eigenvalue weighted by atomic mass is 10.0. The van der Waals surface area contributed by atoms with Crippen molar-refractivity contribution < 1.29 is 14.3 Å². The fraction of sp³-hybridized carbons (Fsp3) is 0.320. The van der Waals surface area contributed by atoms with Crippen LogP contribution in [0.15, 0.2) is 60.0 Å². The smallest absolute Gasteiger partial charge is 0.270 e. The minimum Gasteiger partial charge on any atom is -0.486 e. The largest absolute Gasteiger partial charge is 0.486 e. The predicted molar refractivity (Wildman–Crippen MR) is 127 cm³/mol. The van der Waals surface area contributed by atoms with E-state index in [-0.39, 0.29) is 11.8 Å². The summed E-state index contributed by atoms with van der Waals surface area (Å²) in [6.45, 7) is 5.61. The molecule has 3 aromatic rings. The Labute approximate surface area is 193 Å². The molecule has 2 aromatic carbocycles. The molecule has 0 atom stereocenters. The Morgan fingerprint density at radius 1 is 1.00 bits per heavy atom. The van der Waals surface area contributed by atoms with Gasteiger partial charge in [-0.15, -0.1) is 11.3 Å². The fourth-order valence-electron chi connectivity index (χ4n) is 3.03. The van der Waals surface area contributed by atoms with Crippen LogP contribution in [0.3, 0.4) is 0 Å². The van der Waals surface area contributed by atoms with E-state index in [1.165, 1.54) is 16.9 Å². The molecular weight excluding hydrogens is 422 g/mol. The zero-order valence-electron chi connectivity index (χ0n) is 18.5. The number of ether oxygens (including phenoxy) is 1. The van der Waals surface area contributed by atoms with Gasteiger partial charge in [-0.05, 0) is 35.6 Å². The normalized spacial score (nSPS) is 10.7. The highest BCUT2D eigenvalue weighted by molar-refractivity contribution is 7.09. The number of thiazole rings is 1. The minimum atomic E-state index is -0.218. The summed E-state index contributed by atoms with van der Waals surface area (Å²) in [5.41, 5.74) is 2.63. The summed E-state index contributed by atoms with van der Waals surface area (Å²) in [4.78, 5) is 28.6. The predicted octanol–water partition coefficient (Wildman–Crippen LogP) is 4.32. The molecule has 32 heavy (non-hydrogen) atoms. The number of hydrogen-bond donors (Lipinski definition) is 2. The standard InChI is InChI=1S/C25H29N3O3S/c1-18(2)20-9-11-21(12-10-20)31-16-24-28-22(17-32-24)25(30)27-14-6-13-26-23(29)15-19-7-4-3-5-8-19/h3-5,7-12,17-18H,6,13-16H2,1-2H3,(H,26,29)(H,27,30). The lowest BCUT2D eigenvalue weighted by molar-refractivity contribution is -0.120. The van der Waals surface area contributed by atoms with Gasteiger partial charge >= 0.3 is 0 Å². The van der Waals surface area contributed by atoms with Gasteiger partial charge < -0.3 is 15.4 Å². The number of carbonyl (C=O) groups excluding carboxylic acids is 2. The summed E-state index contributed by atoms with van der Waals surface area (Å²) in [5, 5.41) is 8.19. The molecule has 0 radical (unpaired) electrons. The van der Waals surface area contributed by atoms with E-state index < -0.39 is 0 Å². The first-order valence-electron chi connectivity index (χ1n) is 10.8. The maximum atomic E-state index is 12.3. The van der Waals surface area contributed by atoms with Crippen molar-refractivity contribution in [3.63, 3.8) is 0 Å². The van der Waals surface area contributed by atoms with Crippen LogP contribution in [-0.2, 0) is 17.8 Å². The highest BCUT2D eigenvalue weighted by Gasteiger charge is 2.11. The third-order valence-electron chi connectivity index (χ3n) is 4.86. The van der Waals surface area contributed by atoms with Crippen LogP contribution in [0, 0.1) is 0 Å². The highest BCUT2D eigenvalue weighted by Crippen LogP contribution is 2.20. The van der Waals surface area contributed by atoms with Crippen molar-refractivity contribution in [2.75, 3.05) is 13.1 Å². The van der Waals surface area contributed by atoms with Crippen LogP contribution in [0.2, 0.25) is 0 Å². The second-order valence-electron chi connectivity index (χ2n) is 7.76. The van der Waals surface area contributed by atoms with E-state index in [1.54, 1.807) is 5.38 Å². The average molecular weight is 452 g/mol. The summed E-state index contributed by atoms with van der Waals surface area (Å²) >= 11 is 1.40. The minimum absolute atomic E-state index is 0.0227. The second kappa shape index (κ2) is 12.0.